The van der Waals surface area contributed by atoms with Gasteiger partial charge in [0.15, 0.2) is 0 Å². The summed E-state index contributed by atoms with van der Waals surface area (Å²) in [7, 11) is 0. The molecule has 0 spiro atoms. The maximum atomic E-state index is 10.7. The quantitative estimate of drug-likeness (QED) is 0.367. The average Bonchev–Trinajstić information content (AvgIpc) is 2.39. The first-order chi connectivity index (χ1) is 9.08. The lowest BCUT2D eigenvalue weighted by Crippen LogP contribution is -1.93. The van der Waals surface area contributed by atoms with Gasteiger partial charge in [0.2, 0.25) is 5.88 Å². The fraction of sp³-hybridized carbons (Fsp3) is 0.0833. The highest BCUT2D eigenvalue weighted by Crippen LogP contribution is 2.27. The summed E-state index contributed by atoms with van der Waals surface area (Å²) in [5.74, 6) is 0.637. The average molecular weight is 297 g/mol. The Morgan fingerprint density at radius 3 is 2.58 bits per heavy atom. The van der Waals surface area contributed by atoms with Crippen molar-refractivity contribution in [2.75, 3.05) is 6.26 Å². The second kappa shape index (κ2) is 5.90. The molecule has 1 aromatic heterocycles. The molecule has 5 nitrogen and oxygen atoms in total. The minimum atomic E-state index is -0.544. The highest BCUT2D eigenvalue weighted by molar-refractivity contribution is 7.98. The van der Waals surface area contributed by atoms with Crippen molar-refractivity contribution in [2.24, 2.45) is 0 Å². The third-order valence-corrected chi connectivity index (χ3v) is 3.19. The molecule has 0 fully saturated rings. The highest BCUT2D eigenvalue weighted by atomic mass is 35.5. The van der Waals surface area contributed by atoms with E-state index in [9.17, 15) is 10.1 Å². The summed E-state index contributed by atoms with van der Waals surface area (Å²) < 4.78 is 5.44. The van der Waals surface area contributed by atoms with Gasteiger partial charge in [-0.3, -0.25) is 10.1 Å². The first-order valence-electron chi connectivity index (χ1n) is 5.22. The van der Waals surface area contributed by atoms with Crippen LogP contribution in [0.2, 0.25) is 5.15 Å². The van der Waals surface area contributed by atoms with Crippen molar-refractivity contribution < 1.29 is 9.66 Å². The third kappa shape index (κ3) is 3.59. The molecule has 19 heavy (non-hydrogen) atoms. The number of ether oxygens (including phenoxy) is 1. The second-order valence-corrected chi connectivity index (χ2v) is 4.79. The van der Waals surface area contributed by atoms with E-state index < -0.39 is 4.92 Å². The Bertz CT molecular complexity index is 604. The van der Waals surface area contributed by atoms with Gasteiger partial charge in [0.05, 0.1) is 17.1 Å². The van der Waals surface area contributed by atoms with Crippen LogP contribution >= 0.6 is 23.4 Å². The van der Waals surface area contributed by atoms with Crippen molar-refractivity contribution in [3.63, 3.8) is 0 Å². The molecule has 0 aliphatic heterocycles. The fourth-order valence-electron chi connectivity index (χ4n) is 1.38. The van der Waals surface area contributed by atoms with Crippen molar-refractivity contribution in [1.82, 2.24) is 4.98 Å². The predicted molar refractivity (Wildman–Crippen MR) is 74.2 cm³/mol. The van der Waals surface area contributed by atoms with Gasteiger partial charge < -0.3 is 4.74 Å². The van der Waals surface area contributed by atoms with E-state index in [0.717, 1.165) is 4.90 Å². The number of halogens is 1. The fourth-order valence-corrected chi connectivity index (χ4v) is 1.99. The normalized spacial score (nSPS) is 10.2. The molecule has 0 aliphatic carbocycles. The maximum absolute atomic E-state index is 10.7. The Morgan fingerprint density at radius 2 is 2.00 bits per heavy atom. The first-order valence-corrected chi connectivity index (χ1v) is 6.82. The number of aromatic nitrogens is 1. The molecule has 98 valence electrons. The largest absolute Gasteiger partial charge is 0.439 e. The van der Waals surface area contributed by atoms with Crippen LogP contribution in [0.1, 0.15) is 0 Å². The van der Waals surface area contributed by atoms with E-state index in [1.54, 1.807) is 23.9 Å². The van der Waals surface area contributed by atoms with Crippen LogP contribution in [0.15, 0.2) is 41.3 Å². The Balaban J connectivity index is 2.24. The van der Waals surface area contributed by atoms with Crippen molar-refractivity contribution in [1.29, 1.82) is 0 Å². The number of benzene rings is 1. The van der Waals surface area contributed by atoms with Crippen LogP contribution in [-0.4, -0.2) is 16.2 Å². The van der Waals surface area contributed by atoms with Gasteiger partial charge in [0.1, 0.15) is 10.9 Å². The van der Waals surface area contributed by atoms with Gasteiger partial charge in [0, 0.05) is 4.90 Å². The van der Waals surface area contributed by atoms with E-state index >= 15 is 0 Å². The van der Waals surface area contributed by atoms with E-state index in [0.29, 0.717) is 5.75 Å². The zero-order chi connectivity index (χ0) is 13.8. The molecule has 2 aromatic rings. The molecule has 0 radical (unpaired) electrons. The van der Waals surface area contributed by atoms with Gasteiger partial charge in [0.25, 0.3) is 5.69 Å². The van der Waals surface area contributed by atoms with Gasteiger partial charge in [-0.15, -0.1) is 11.8 Å². The smallest absolute Gasteiger partial charge is 0.277 e. The third-order valence-electron chi connectivity index (χ3n) is 2.25. The van der Waals surface area contributed by atoms with Gasteiger partial charge in [-0.2, -0.15) is 0 Å². The van der Waals surface area contributed by atoms with Crippen LogP contribution < -0.4 is 4.74 Å². The van der Waals surface area contributed by atoms with Crippen molar-refractivity contribution >= 4 is 29.1 Å². The summed E-state index contributed by atoms with van der Waals surface area (Å²) in [5, 5.41) is 10.7. The van der Waals surface area contributed by atoms with Crippen LogP contribution in [0.4, 0.5) is 5.69 Å². The Labute approximate surface area is 118 Å². The molecule has 2 rings (SSSR count). The topological polar surface area (TPSA) is 65.3 Å². The summed E-state index contributed by atoms with van der Waals surface area (Å²) in [6, 6.07) is 9.71. The number of hydrogen-bond acceptors (Lipinski definition) is 5. The molecule has 7 heteroatoms. The van der Waals surface area contributed by atoms with E-state index in [1.165, 1.54) is 12.1 Å². The zero-order valence-corrected chi connectivity index (χ0v) is 11.4. The molecular weight excluding hydrogens is 288 g/mol. The molecule has 1 aromatic carbocycles. The number of thioether (sulfide) groups is 1. The van der Waals surface area contributed by atoms with E-state index in [4.69, 9.17) is 16.3 Å². The van der Waals surface area contributed by atoms with Crippen molar-refractivity contribution in [3.05, 3.63) is 51.7 Å². The molecule has 0 bridgehead atoms. The molecule has 0 amide bonds. The first kappa shape index (κ1) is 13.6. The molecule has 0 aliphatic rings. The van der Waals surface area contributed by atoms with Crippen LogP contribution in [0.25, 0.3) is 0 Å². The van der Waals surface area contributed by atoms with Gasteiger partial charge in [-0.25, -0.2) is 4.98 Å². The summed E-state index contributed by atoms with van der Waals surface area (Å²) in [4.78, 5) is 15.1. The van der Waals surface area contributed by atoms with Gasteiger partial charge >= 0.3 is 0 Å². The van der Waals surface area contributed by atoms with E-state index in [1.807, 2.05) is 18.4 Å². The molecule has 0 atom stereocenters. The van der Waals surface area contributed by atoms with Crippen molar-refractivity contribution in [3.8, 4) is 11.6 Å². The summed E-state index contributed by atoms with van der Waals surface area (Å²) in [6.45, 7) is 0. The van der Waals surface area contributed by atoms with Crippen LogP contribution in [-0.2, 0) is 0 Å². The number of rotatable bonds is 4. The summed E-state index contributed by atoms with van der Waals surface area (Å²) >= 11 is 7.32. The van der Waals surface area contributed by atoms with Crippen LogP contribution in [0.3, 0.4) is 0 Å². The molecule has 0 unspecified atom stereocenters. The predicted octanol–water partition coefficient (Wildman–Crippen LogP) is 4.16. The molecule has 0 saturated heterocycles. The SMILES string of the molecule is CSc1ccc(Oc2cc([N+](=O)[O-])cc(Cl)n2)cc1. The van der Waals surface area contributed by atoms with Crippen LogP contribution in [0.5, 0.6) is 11.6 Å². The van der Waals surface area contributed by atoms with E-state index in [2.05, 4.69) is 4.98 Å². The Morgan fingerprint density at radius 1 is 1.32 bits per heavy atom. The molecule has 0 N–H and O–H groups in total. The minimum absolute atomic E-state index is 0.0185. The zero-order valence-electron chi connectivity index (χ0n) is 9.87. The standard InChI is InChI=1S/C12H9ClN2O3S/c1-19-10-4-2-9(3-5-10)18-12-7-8(15(16)17)6-11(13)14-12/h2-7H,1H3. The monoisotopic (exact) mass is 296 g/mol. The highest BCUT2D eigenvalue weighted by Gasteiger charge is 2.11. The summed E-state index contributed by atoms with van der Waals surface area (Å²) in [5.41, 5.74) is -0.157. The minimum Gasteiger partial charge on any atom is -0.439 e. The lowest BCUT2D eigenvalue weighted by atomic mass is 10.3. The second-order valence-electron chi connectivity index (χ2n) is 3.52. The van der Waals surface area contributed by atoms with Gasteiger partial charge in [-0.05, 0) is 30.5 Å². The maximum Gasteiger partial charge on any atom is 0.277 e. The van der Waals surface area contributed by atoms with Crippen molar-refractivity contribution in [2.45, 2.75) is 4.90 Å². The number of nitro groups is 1. The number of pyridine rings is 1. The number of hydrogen-bond donors (Lipinski definition) is 0. The number of nitrogens with zero attached hydrogens (tertiary/aromatic N) is 2. The van der Waals surface area contributed by atoms with Crippen LogP contribution in [0, 0.1) is 10.1 Å². The molecular formula is C12H9ClN2O3S. The lowest BCUT2D eigenvalue weighted by Gasteiger charge is -2.05. The molecule has 0 saturated carbocycles. The summed E-state index contributed by atoms with van der Waals surface area (Å²) in [6.07, 6.45) is 1.97. The van der Waals surface area contributed by atoms with E-state index in [-0.39, 0.29) is 16.7 Å². The Kier molecular flexibility index (Phi) is 4.24. The lowest BCUT2D eigenvalue weighted by molar-refractivity contribution is -0.385. The van der Waals surface area contributed by atoms with Gasteiger partial charge in [-0.1, -0.05) is 11.6 Å². The Hall–Kier alpha value is -1.79. The molecule has 1 heterocycles.